The molecule has 5 aromatic rings. The van der Waals surface area contributed by atoms with Crippen LogP contribution in [0.2, 0.25) is 0 Å². The number of nitrogens with zero attached hydrogens (tertiary/aromatic N) is 2. The number of carboxylic acid groups (broad SMARTS) is 1. The van der Waals surface area contributed by atoms with E-state index in [2.05, 4.69) is 15.6 Å². The zero-order valence-electron chi connectivity index (χ0n) is 28.6. The Kier molecular flexibility index (Phi) is 11.4. The minimum absolute atomic E-state index is 0.0428. The number of carbonyl (C=O) groups excluding carboxylic acids is 2. The molecule has 1 aromatic heterocycles. The van der Waals surface area contributed by atoms with Gasteiger partial charge >= 0.3 is 17.6 Å². The number of hydrogen-bond donors (Lipinski definition) is 3. The van der Waals surface area contributed by atoms with Crippen LogP contribution in [0.3, 0.4) is 0 Å². The Bertz CT molecular complexity index is 2040. The summed E-state index contributed by atoms with van der Waals surface area (Å²) in [6.07, 6.45) is -4.20. The molecule has 4 atom stereocenters. The summed E-state index contributed by atoms with van der Waals surface area (Å²) in [6, 6.07) is 34.6. The van der Waals surface area contributed by atoms with E-state index in [1.807, 2.05) is 72.8 Å². The van der Waals surface area contributed by atoms with E-state index in [9.17, 15) is 19.2 Å². The van der Waals surface area contributed by atoms with Crippen LogP contribution in [0.25, 0.3) is 0 Å². The van der Waals surface area contributed by atoms with Crippen molar-refractivity contribution in [3.63, 3.8) is 0 Å². The fourth-order valence-electron chi connectivity index (χ4n) is 6.38. The van der Waals surface area contributed by atoms with E-state index in [1.54, 1.807) is 49.6 Å². The number of hydrogen-bond acceptors (Lipinski definition) is 9. The molecular formula is C40H37FN4O8. The molecule has 1 saturated heterocycles. The summed E-state index contributed by atoms with van der Waals surface area (Å²) in [6.45, 7) is -0.456. The first-order valence-corrected chi connectivity index (χ1v) is 16.9. The lowest BCUT2D eigenvalue weighted by atomic mass is 9.76. The van der Waals surface area contributed by atoms with Crippen molar-refractivity contribution in [2.24, 2.45) is 0 Å². The van der Waals surface area contributed by atoms with Gasteiger partial charge in [-0.15, -0.1) is 0 Å². The number of alkyl halides is 1. The van der Waals surface area contributed by atoms with Gasteiger partial charge in [-0.05, 0) is 47.0 Å². The second-order valence-corrected chi connectivity index (χ2v) is 12.3. The number of halogens is 1. The Morgan fingerprint density at radius 3 is 2.00 bits per heavy atom. The molecule has 6 rings (SSSR count). The molecule has 0 unspecified atom stereocenters. The lowest BCUT2D eigenvalue weighted by Crippen LogP contribution is -2.56. The van der Waals surface area contributed by atoms with E-state index in [-0.39, 0.29) is 5.82 Å². The molecule has 1 aliphatic heterocycles. The van der Waals surface area contributed by atoms with E-state index in [4.69, 9.17) is 19.3 Å². The van der Waals surface area contributed by atoms with Crippen LogP contribution in [0, 0.1) is 0 Å². The van der Waals surface area contributed by atoms with Gasteiger partial charge in [-0.2, -0.15) is 4.98 Å². The van der Waals surface area contributed by atoms with Crippen LogP contribution in [-0.4, -0.2) is 64.5 Å². The Balaban J connectivity index is 1.39. The molecule has 1 aliphatic rings. The predicted molar refractivity (Wildman–Crippen MR) is 192 cm³/mol. The summed E-state index contributed by atoms with van der Waals surface area (Å²) in [7, 11) is 1.56. The van der Waals surface area contributed by atoms with Crippen LogP contribution < -0.4 is 21.1 Å². The number of amides is 1. The molecule has 0 bridgehead atoms. The SMILES string of the molecule is COc1ccc(C(N[C@H]2[C@@H](F)[C@H](n3ccc(NC(=O)c4ccccc4)nc3=O)O[C@@H]2COC(=O)CCC(=O)O)(c2ccccc2)c2ccccc2)cc1. The van der Waals surface area contributed by atoms with Gasteiger partial charge < -0.3 is 24.6 Å². The van der Waals surface area contributed by atoms with Gasteiger partial charge in [0.05, 0.1) is 31.5 Å². The lowest BCUT2D eigenvalue weighted by Gasteiger charge is -2.40. The summed E-state index contributed by atoms with van der Waals surface area (Å²) in [5.74, 6) is -1.90. The van der Waals surface area contributed by atoms with E-state index in [1.165, 1.54) is 12.3 Å². The third kappa shape index (κ3) is 8.16. The summed E-state index contributed by atoms with van der Waals surface area (Å²) in [5, 5.41) is 15.2. The quantitative estimate of drug-likeness (QED) is 0.104. The van der Waals surface area contributed by atoms with E-state index in [0.717, 1.165) is 21.3 Å². The first kappa shape index (κ1) is 36.6. The second-order valence-electron chi connectivity index (χ2n) is 12.3. The number of ether oxygens (including phenoxy) is 3. The highest BCUT2D eigenvalue weighted by Crippen LogP contribution is 2.41. The molecule has 3 N–H and O–H groups in total. The van der Waals surface area contributed by atoms with Crippen LogP contribution in [-0.2, 0) is 24.6 Å². The zero-order chi connectivity index (χ0) is 37.4. The van der Waals surface area contributed by atoms with Crippen molar-refractivity contribution in [2.45, 2.75) is 42.9 Å². The Morgan fingerprint density at radius 2 is 1.43 bits per heavy atom. The highest BCUT2D eigenvalue weighted by atomic mass is 19.1. The highest BCUT2D eigenvalue weighted by molar-refractivity contribution is 6.03. The van der Waals surface area contributed by atoms with Gasteiger partial charge in [0.25, 0.3) is 5.91 Å². The van der Waals surface area contributed by atoms with Gasteiger partial charge in [0.2, 0.25) is 0 Å². The number of esters is 1. The van der Waals surface area contributed by atoms with E-state index < -0.39 is 73.1 Å². The fraction of sp³-hybridized carbons (Fsp3) is 0.225. The average molecular weight is 721 g/mol. The monoisotopic (exact) mass is 720 g/mol. The third-order valence-corrected chi connectivity index (χ3v) is 8.98. The molecular weight excluding hydrogens is 683 g/mol. The normalized spacial score (nSPS) is 18.2. The number of rotatable bonds is 14. The van der Waals surface area contributed by atoms with Crippen LogP contribution in [0.5, 0.6) is 5.75 Å². The number of nitrogens with one attached hydrogen (secondary N) is 2. The molecule has 0 spiro atoms. The van der Waals surface area contributed by atoms with Crippen LogP contribution >= 0.6 is 0 Å². The van der Waals surface area contributed by atoms with Gasteiger partial charge in [0, 0.05) is 11.8 Å². The topological polar surface area (TPSA) is 158 Å². The summed E-state index contributed by atoms with van der Waals surface area (Å²) < 4.78 is 35.2. The molecule has 0 saturated carbocycles. The first-order valence-electron chi connectivity index (χ1n) is 16.9. The van der Waals surface area contributed by atoms with E-state index in [0.29, 0.717) is 11.3 Å². The third-order valence-electron chi connectivity index (χ3n) is 8.98. The van der Waals surface area contributed by atoms with Crippen molar-refractivity contribution in [3.05, 3.63) is 160 Å². The van der Waals surface area contributed by atoms with Crippen molar-refractivity contribution in [1.29, 1.82) is 0 Å². The van der Waals surface area contributed by atoms with Crippen molar-refractivity contribution < 1.29 is 38.1 Å². The standard InChI is InChI=1S/C40H37FN4O8/c1-51-30-19-17-29(18-20-30)40(27-13-7-3-8-14-27,28-15-9-4-10-16-28)44-36-31(25-52-34(48)22-21-33(46)47)53-38(35(36)41)45-24-23-32(43-39(45)50)42-37(49)26-11-5-2-6-12-26/h2-20,23-24,31,35-36,38,44H,21-22,25H2,1H3,(H,46,47)(H,42,43,49,50)/t31-,35-,36-,38-/m1/s1. The fourth-order valence-corrected chi connectivity index (χ4v) is 6.38. The van der Waals surface area contributed by atoms with Crippen LogP contribution in [0.4, 0.5) is 10.2 Å². The summed E-state index contributed by atoms with van der Waals surface area (Å²) in [4.78, 5) is 53.7. The van der Waals surface area contributed by atoms with E-state index >= 15 is 4.39 Å². The van der Waals surface area contributed by atoms with Gasteiger partial charge in [-0.3, -0.25) is 24.3 Å². The molecule has 0 aliphatic carbocycles. The molecule has 1 fully saturated rings. The Hall–Kier alpha value is -6.18. The number of carbonyl (C=O) groups is 3. The maximum absolute atomic E-state index is 17.2. The molecule has 1 amide bonds. The molecule has 4 aromatic carbocycles. The Morgan fingerprint density at radius 1 is 0.849 bits per heavy atom. The number of anilines is 1. The lowest BCUT2D eigenvalue weighted by molar-refractivity contribution is -0.151. The highest BCUT2D eigenvalue weighted by Gasteiger charge is 2.51. The Labute approximate surface area is 304 Å². The number of benzene rings is 4. The zero-order valence-corrected chi connectivity index (χ0v) is 28.6. The number of carboxylic acids is 1. The van der Waals surface area contributed by atoms with Crippen molar-refractivity contribution in [1.82, 2.24) is 14.9 Å². The van der Waals surface area contributed by atoms with Gasteiger partial charge in [-0.1, -0.05) is 91.0 Å². The molecule has 2 heterocycles. The minimum Gasteiger partial charge on any atom is -0.497 e. The molecule has 13 heteroatoms. The molecule has 53 heavy (non-hydrogen) atoms. The van der Waals surface area contributed by atoms with Crippen molar-refractivity contribution in [3.8, 4) is 5.75 Å². The van der Waals surface area contributed by atoms with Crippen molar-refractivity contribution in [2.75, 3.05) is 19.0 Å². The summed E-state index contributed by atoms with van der Waals surface area (Å²) in [5.41, 5.74) is 0.466. The number of aromatic nitrogens is 2. The number of methoxy groups -OCH3 is 1. The van der Waals surface area contributed by atoms with Gasteiger partial charge in [0.15, 0.2) is 12.4 Å². The largest absolute Gasteiger partial charge is 0.497 e. The maximum atomic E-state index is 17.2. The maximum Gasteiger partial charge on any atom is 0.351 e. The average Bonchev–Trinajstić information content (AvgIpc) is 3.49. The molecule has 272 valence electrons. The number of aliphatic carboxylic acids is 1. The second kappa shape index (κ2) is 16.4. The first-order chi connectivity index (χ1) is 25.7. The molecule has 0 radical (unpaired) electrons. The predicted octanol–water partition coefficient (Wildman–Crippen LogP) is 5.10. The van der Waals surface area contributed by atoms with Gasteiger partial charge in [-0.25, -0.2) is 9.18 Å². The van der Waals surface area contributed by atoms with Gasteiger partial charge in [0.1, 0.15) is 24.3 Å². The molecule has 12 nitrogen and oxygen atoms in total. The summed E-state index contributed by atoms with van der Waals surface area (Å²) >= 11 is 0. The minimum atomic E-state index is -1.92. The van der Waals surface area contributed by atoms with Crippen LogP contribution in [0.1, 0.15) is 46.1 Å². The van der Waals surface area contributed by atoms with Crippen LogP contribution in [0.15, 0.2) is 132 Å². The smallest absolute Gasteiger partial charge is 0.351 e. The van der Waals surface area contributed by atoms with Crippen molar-refractivity contribution >= 4 is 23.7 Å².